The number of halogens is 4. The highest BCUT2D eigenvalue weighted by Crippen LogP contribution is 2.36. The molecule has 1 atom stereocenters. The molecule has 0 fully saturated rings. The molecular formula is C11H11ClF3N3O2. The quantitative estimate of drug-likeness (QED) is 0.800. The van der Waals surface area contributed by atoms with Crippen LogP contribution in [0.1, 0.15) is 12.5 Å². The number of benzene rings is 1. The molecule has 0 saturated heterocycles. The van der Waals surface area contributed by atoms with Crippen molar-refractivity contribution >= 4 is 29.2 Å². The summed E-state index contributed by atoms with van der Waals surface area (Å²) in [6.07, 6.45) is -4.63. The summed E-state index contributed by atoms with van der Waals surface area (Å²) in [5, 5.41) is 3.84. The number of hydrogen-bond acceptors (Lipinski definition) is 2. The number of rotatable bonds is 3. The molecule has 3 amide bonds. The highest BCUT2D eigenvalue weighted by molar-refractivity contribution is 6.31. The summed E-state index contributed by atoms with van der Waals surface area (Å²) in [6.45, 7) is 1.33. The Balaban J connectivity index is 2.89. The van der Waals surface area contributed by atoms with E-state index in [0.29, 0.717) is 6.07 Å². The molecule has 20 heavy (non-hydrogen) atoms. The van der Waals surface area contributed by atoms with Gasteiger partial charge in [-0.15, -0.1) is 0 Å². The lowest BCUT2D eigenvalue weighted by atomic mass is 10.2. The van der Waals surface area contributed by atoms with Crippen LogP contribution >= 0.6 is 11.6 Å². The van der Waals surface area contributed by atoms with Crippen LogP contribution in [0, 0.1) is 0 Å². The van der Waals surface area contributed by atoms with Gasteiger partial charge in [-0.1, -0.05) is 11.6 Å². The lowest BCUT2D eigenvalue weighted by molar-refractivity contribution is -0.137. The largest absolute Gasteiger partial charge is 0.417 e. The third-order valence-electron chi connectivity index (χ3n) is 2.29. The first kappa shape index (κ1) is 16.1. The number of primary amides is 1. The zero-order chi connectivity index (χ0) is 15.5. The third-order valence-corrected chi connectivity index (χ3v) is 2.62. The summed E-state index contributed by atoms with van der Waals surface area (Å²) in [6, 6.07) is 1.04. The van der Waals surface area contributed by atoms with Crippen molar-refractivity contribution in [1.29, 1.82) is 0 Å². The molecule has 0 aliphatic carbocycles. The Hall–Kier alpha value is -1.96. The summed E-state index contributed by atoms with van der Waals surface area (Å²) in [7, 11) is 0. The van der Waals surface area contributed by atoms with Crippen LogP contribution in [0.2, 0.25) is 5.02 Å². The zero-order valence-electron chi connectivity index (χ0n) is 10.2. The van der Waals surface area contributed by atoms with Crippen molar-refractivity contribution in [2.24, 2.45) is 5.73 Å². The van der Waals surface area contributed by atoms with Gasteiger partial charge in [-0.3, -0.25) is 4.79 Å². The van der Waals surface area contributed by atoms with Crippen LogP contribution in [-0.4, -0.2) is 18.0 Å². The van der Waals surface area contributed by atoms with Crippen LogP contribution in [0.4, 0.5) is 23.7 Å². The minimum absolute atomic E-state index is 0.0927. The smallest absolute Gasteiger partial charge is 0.352 e. The molecule has 1 unspecified atom stereocenters. The number of nitrogens with two attached hydrogens (primary N) is 1. The van der Waals surface area contributed by atoms with E-state index >= 15 is 0 Å². The molecule has 0 aromatic heterocycles. The predicted octanol–water partition coefficient (Wildman–Crippen LogP) is 2.35. The molecule has 5 nitrogen and oxygen atoms in total. The van der Waals surface area contributed by atoms with Crippen molar-refractivity contribution in [2.75, 3.05) is 5.32 Å². The van der Waals surface area contributed by atoms with E-state index in [1.165, 1.54) is 13.0 Å². The molecule has 9 heteroatoms. The van der Waals surface area contributed by atoms with Gasteiger partial charge >= 0.3 is 12.2 Å². The second-order valence-corrected chi connectivity index (χ2v) is 4.32. The SMILES string of the molecule is CC(NC(N)=O)C(=O)Nc1ccc(Cl)c(C(F)(F)F)c1. The Labute approximate surface area is 117 Å². The molecule has 0 radical (unpaired) electrons. The minimum Gasteiger partial charge on any atom is -0.352 e. The fourth-order valence-electron chi connectivity index (χ4n) is 1.35. The van der Waals surface area contributed by atoms with Gasteiger partial charge in [-0.05, 0) is 25.1 Å². The summed E-state index contributed by atoms with van der Waals surface area (Å²) in [4.78, 5) is 22.2. The molecule has 0 saturated carbocycles. The molecule has 0 aliphatic rings. The minimum atomic E-state index is -4.63. The molecule has 0 aliphatic heterocycles. The number of alkyl halides is 3. The zero-order valence-corrected chi connectivity index (χ0v) is 11.0. The molecule has 4 N–H and O–H groups in total. The first-order chi connectivity index (χ1) is 9.11. The van der Waals surface area contributed by atoms with E-state index in [0.717, 1.165) is 6.07 Å². The summed E-state index contributed by atoms with van der Waals surface area (Å²) < 4.78 is 37.9. The van der Waals surface area contributed by atoms with Crippen LogP contribution in [0.5, 0.6) is 0 Å². The van der Waals surface area contributed by atoms with E-state index in [2.05, 4.69) is 10.6 Å². The van der Waals surface area contributed by atoms with E-state index in [-0.39, 0.29) is 5.69 Å². The predicted molar refractivity (Wildman–Crippen MR) is 67.3 cm³/mol. The van der Waals surface area contributed by atoms with Crippen molar-refractivity contribution in [3.8, 4) is 0 Å². The van der Waals surface area contributed by atoms with Gasteiger partial charge in [0.1, 0.15) is 6.04 Å². The van der Waals surface area contributed by atoms with E-state index in [9.17, 15) is 22.8 Å². The molecular weight excluding hydrogens is 299 g/mol. The number of anilines is 1. The average molecular weight is 310 g/mol. The molecule has 0 bridgehead atoms. The summed E-state index contributed by atoms with van der Waals surface area (Å²) in [5.41, 5.74) is 3.67. The van der Waals surface area contributed by atoms with Crippen molar-refractivity contribution in [3.05, 3.63) is 28.8 Å². The van der Waals surface area contributed by atoms with Gasteiger partial charge in [-0.25, -0.2) is 4.79 Å². The number of nitrogens with one attached hydrogen (secondary N) is 2. The molecule has 0 spiro atoms. The van der Waals surface area contributed by atoms with Crippen LogP contribution in [0.3, 0.4) is 0 Å². The standard InChI is InChI=1S/C11H11ClF3N3O2/c1-5(17-10(16)20)9(19)18-6-2-3-8(12)7(4-6)11(13,14)15/h2-5H,1H3,(H,18,19)(H3,16,17,20). The second-order valence-electron chi connectivity index (χ2n) is 3.91. The number of hydrogen-bond donors (Lipinski definition) is 3. The number of amides is 3. The fourth-order valence-corrected chi connectivity index (χ4v) is 1.57. The van der Waals surface area contributed by atoms with Crippen LogP contribution in [-0.2, 0) is 11.0 Å². The van der Waals surface area contributed by atoms with Crippen LogP contribution < -0.4 is 16.4 Å². The molecule has 1 rings (SSSR count). The van der Waals surface area contributed by atoms with Gasteiger partial charge in [-0.2, -0.15) is 13.2 Å². The molecule has 110 valence electrons. The Morgan fingerprint density at radius 1 is 1.35 bits per heavy atom. The summed E-state index contributed by atoms with van der Waals surface area (Å²) >= 11 is 5.44. The normalized spacial score (nSPS) is 12.7. The first-order valence-corrected chi connectivity index (χ1v) is 5.72. The van der Waals surface area contributed by atoms with Crippen LogP contribution in [0.15, 0.2) is 18.2 Å². The van der Waals surface area contributed by atoms with E-state index in [1.807, 2.05) is 0 Å². The molecule has 0 heterocycles. The molecule has 1 aromatic carbocycles. The van der Waals surface area contributed by atoms with E-state index in [4.69, 9.17) is 17.3 Å². The van der Waals surface area contributed by atoms with Gasteiger partial charge in [0.25, 0.3) is 0 Å². The molecule has 1 aromatic rings. The number of carbonyl (C=O) groups excluding carboxylic acids is 2. The average Bonchev–Trinajstić information content (AvgIpc) is 2.29. The van der Waals surface area contributed by atoms with Crippen molar-refractivity contribution in [1.82, 2.24) is 5.32 Å². The van der Waals surface area contributed by atoms with Gasteiger partial charge in [0.15, 0.2) is 0 Å². The topological polar surface area (TPSA) is 84.2 Å². The van der Waals surface area contributed by atoms with Gasteiger partial charge in [0.2, 0.25) is 5.91 Å². The second kappa shape index (κ2) is 6.00. The lowest BCUT2D eigenvalue weighted by Crippen LogP contribution is -2.44. The third kappa shape index (κ3) is 4.30. The lowest BCUT2D eigenvalue weighted by Gasteiger charge is -2.14. The van der Waals surface area contributed by atoms with E-state index in [1.54, 1.807) is 0 Å². The summed E-state index contributed by atoms with van der Waals surface area (Å²) in [5.74, 6) is -0.709. The van der Waals surface area contributed by atoms with Gasteiger partial charge in [0, 0.05) is 5.69 Å². The van der Waals surface area contributed by atoms with Crippen molar-refractivity contribution in [2.45, 2.75) is 19.1 Å². The maximum absolute atomic E-state index is 12.6. The maximum Gasteiger partial charge on any atom is 0.417 e. The Morgan fingerprint density at radius 3 is 2.45 bits per heavy atom. The van der Waals surface area contributed by atoms with Gasteiger partial charge in [0.05, 0.1) is 10.6 Å². The van der Waals surface area contributed by atoms with Crippen LogP contribution in [0.25, 0.3) is 0 Å². The first-order valence-electron chi connectivity index (χ1n) is 5.35. The number of carbonyl (C=O) groups is 2. The number of urea groups is 1. The van der Waals surface area contributed by atoms with E-state index < -0.39 is 34.7 Å². The van der Waals surface area contributed by atoms with Crippen molar-refractivity contribution < 1.29 is 22.8 Å². The maximum atomic E-state index is 12.6. The fraction of sp³-hybridized carbons (Fsp3) is 0.273. The highest BCUT2D eigenvalue weighted by atomic mass is 35.5. The Bertz CT molecular complexity index is 534. The highest BCUT2D eigenvalue weighted by Gasteiger charge is 2.33. The van der Waals surface area contributed by atoms with Crippen molar-refractivity contribution in [3.63, 3.8) is 0 Å². The Kier molecular flexibility index (Phi) is 4.83. The monoisotopic (exact) mass is 309 g/mol. The Morgan fingerprint density at radius 2 is 1.95 bits per heavy atom. The van der Waals surface area contributed by atoms with Gasteiger partial charge < -0.3 is 16.4 Å².